The van der Waals surface area contributed by atoms with E-state index >= 15 is 0 Å². The lowest BCUT2D eigenvalue weighted by atomic mass is 10.1. The van der Waals surface area contributed by atoms with Crippen LogP contribution in [0.15, 0.2) is 23.0 Å². The molecule has 2 atom stereocenters. The zero-order valence-corrected chi connectivity index (χ0v) is 12.8. The van der Waals surface area contributed by atoms with Crippen LogP contribution in [0.1, 0.15) is 25.3 Å². The average molecular weight is 343 g/mol. The number of hydrogen-bond acceptors (Lipinski definition) is 5. The number of nitrogens with one attached hydrogen (secondary N) is 1. The van der Waals surface area contributed by atoms with Crippen molar-refractivity contribution in [3.63, 3.8) is 0 Å². The number of nitrogens with zero attached hydrogens (tertiary/aromatic N) is 3. The topological polar surface area (TPSA) is 147 Å². The number of aromatic nitrogens is 4. The van der Waals surface area contributed by atoms with Gasteiger partial charge in [-0.15, -0.1) is 0 Å². The van der Waals surface area contributed by atoms with E-state index in [1.807, 2.05) is 0 Å². The van der Waals surface area contributed by atoms with Gasteiger partial charge in [0.25, 0.3) is 5.56 Å². The highest BCUT2D eigenvalue weighted by Crippen LogP contribution is 2.45. The fourth-order valence-corrected chi connectivity index (χ4v) is 3.29. The van der Waals surface area contributed by atoms with Crippen molar-refractivity contribution >= 4 is 24.7 Å². The van der Waals surface area contributed by atoms with Crippen molar-refractivity contribution in [2.24, 2.45) is 0 Å². The quantitative estimate of drug-likeness (QED) is 0.603. The molecule has 124 valence electrons. The van der Waals surface area contributed by atoms with Crippen LogP contribution in [0.3, 0.4) is 0 Å². The Bertz CT molecular complexity index is 887. The molecule has 1 aliphatic rings. The van der Waals surface area contributed by atoms with Crippen LogP contribution in [0.25, 0.3) is 11.2 Å². The number of rotatable bonds is 3. The van der Waals surface area contributed by atoms with Crippen molar-refractivity contribution in [3.05, 3.63) is 28.6 Å². The van der Waals surface area contributed by atoms with Crippen LogP contribution in [-0.2, 0) is 4.57 Å². The van der Waals surface area contributed by atoms with E-state index in [2.05, 4.69) is 15.0 Å². The lowest BCUT2D eigenvalue weighted by Crippen LogP contribution is -2.17. The van der Waals surface area contributed by atoms with E-state index in [1.54, 1.807) is 4.57 Å². The van der Waals surface area contributed by atoms with E-state index in [1.165, 1.54) is 6.33 Å². The number of imidazole rings is 1. The summed E-state index contributed by atoms with van der Waals surface area (Å²) in [6, 6.07) is -0.333. The van der Waals surface area contributed by atoms with Crippen LogP contribution in [0.5, 0.6) is 0 Å². The van der Waals surface area contributed by atoms with Crippen molar-refractivity contribution in [3.8, 4) is 0 Å². The first kappa shape index (κ1) is 15.9. The summed E-state index contributed by atoms with van der Waals surface area (Å²) in [4.78, 5) is 39.7. The third kappa shape index (κ3) is 3.19. The lowest BCUT2D eigenvalue weighted by molar-refractivity contribution is 0.231. The molecule has 2 aromatic heterocycles. The van der Waals surface area contributed by atoms with Gasteiger partial charge in [-0.2, -0.15) is 4.98 Å². The molecule has 0 aromatic carbocycles. The first-order valence-electron chi connectivity index (χ1n) is 6.84. The molecule has 0 saturated heterocycles. The van der Waals surface area contributed by atoms with E-state index in [0.29, 0.717) is 12.2 Å². The zero-order valence-electron chi connectivity index (χ0n) is 11.9. The standard InChI is InChI=1S/C12H15FN5O4P/c13-12(3-4-23(20,21)22)2-1-7(5-12)18-6-15-8-9(18)16-11(14)17-10(8)19/h3-4,6-7H,1-2,5H2,(H2,20,21,22)(H3,14,16,17,19)/b4-3+/t7-,12+/m0/s1. The Morgan fingerprint density at radius 2 is 2.30 bits per heavy atom. The highest BCUT2D eigenvalue weighted by molar-refractivity contribution is 7.55. The Hall–Kier alpha value is -2.03. The molecule has 1 fully saturated rings. The van der Waals surface area contributed by atoms with Crippen molar-refractivity contribution in [1.82, 2.24) is 19.5 Å². The number of allylic oxidation sites excluding steroid dienone is 1. The molecule has 11 heteroatoms. The van der Waals surface area contributed by atoms with Gasteiger partial charge in [-0.1, -0.05) is 0 Å². The van der Waals surface area contributed by atoms with Gasteiger partial charge in [0.2, 0.25) is 5.95 Å². The Balaban J connectivity index is 1.92. The lowest BCUT2D eigenvalue weighted by Gasteiger charge is -2.16. The maximum absolute atomic E-state index is 14.7. The summed E-state index contributed by atoms with van der Waals surface area (Å²) >= 11 is 0. The van der Waals surface area contributed by atoms with Crippen LogP contribution in [-0.4, -0.2) is 35.0 Å². The van der Waals surface area contributed by atoms with Gasteiger partial charge in [0, 0.05) is 18.3 Å². The molecular weight excluding hydrogens is 328 g/mol. The summed E-state index contributed by atoms with van der Waals surface area (Å²) < 4.78 is 27.1. The highest BCUT2D eigenvalue weighted by Gasteiger charge is 2.39. The number of fused-ring (bicyclic) bond motifs is 1. The second kappa shape index (κ2) is 5.26. The van der Waals surface area contributed by atoms with Crippen molar-refractivity contribution < 1.29 is 18.7 Å². The van der Waals surface area contributed by atoms with E-state index in [0.717, 1.165) is 6.08 Å². The minimum Gasteiger partial charge on any atom is -0.369 e. The number of alkyl halides is 1. The summed E-state index contributed by atoms with van der Waals surface area (Å²) in [5, 5.41) is 0. The molecule has 2 heterocycles. The van der Waals surface area contributed by atoms with Gasteiger partial charge in [-0.25, -0.2) is 9.37 Å². The van der Waals surface area contributed by atoms with Crippen LogP contribution >= 0.6 is 7.60 Å². The molecule has 0 unspecified atom stereocenters. The van der Waals surface area contributed by atoms with Crippen molar-refractivity contribution in [2.45, 2.75) is 31.0 Å². The Morgan fingerprint density at radius 1 is 1.57 bits per heavy atom. The fourth-order valence-electron chi connectivity index (χ4n) is 2.83. The monoisotopic (exact) mass is 343 g/mol. The summed E-state index contributed by atoms with van der Waals surface area (Å²) in [5.41, 5.74) is 3.60. The molecule has 0 radical (unpaired) electrons. The molecule has 5 N–H and O–H groups in total. The van der Waals surface area contributed by atoms with E-state index in [9.17, 15) is 13.8 Å². The minimum absolute atomic E-state index is 0.00332. The van der Waals surface area contributed by atoms with Gasteiger partial charge in [-0.3, -0.25) is 14.3 Å². The van der Waals surface area contributed by atoms with Gasteiger partial charge in [-0.05, 0) is 18.9 Å². The zero-order chi connectivity index (χ0) is 16.8. The number of nitrogen functional groups attached to an aromatic ring is 1. The third-order valence-electron chi connectivity index (χ3n) is 3.88. The predicted molar refractivity (Wildman–Crippen MR) is 80.5 cm³/mol. The highest BCUT2D eigenvalue weighted by atomic mass is 31.2. The van der Waals surface area contributed by atoms with Crippen LogP contribution < -0.4 is 11.3 Å². The Kier molecular flexibility index (Phi) is 3.62. The SMILES string of the molecule is Nc1nc2c(ncn2[C@H]2CC[C@@](F)(/C=C/P(=O)(O)O)C2)c(=O)[nH]1. The molecule has 1 aliphatic carbocycles. The predicted octanol–water partition coefficient (Wildman–Crippen LogP) is 0.826. The summed E-state index contributed by atoms with van der Waals surface area (Å²) in [7, 11) is -4.41. The Morgan fingerprint density at radius 3 is 3.00 bits per heavy atom. The number of nitrogens with two attached hydrogens (primary N) is 1. The fraction of sp³-hybridized carbons (Fsp3) is 0.417. The first-order chi connectivity index (χ1) is 10.7. The van der Waals surface area contributed by atoms with Crippen LogP contribution in [0, 0.1) is 0 Å². The second-order valence-electron chi connectivity index (χ2n) is 5.61. The number of anilines is 1. The van der Waals surface area contributed by atoms with Crippen LogP contribution in [0.2, 0.25) is 0 Å². The molecule has 0 bridgehead atoms. The van der Waals surface area contributed by atoms with Gasteiger partial charge >= 0.3 is 7.60 Å². The third-order valence-corrected chi connectivity index (χ3v) is 4.42. The van der Waals surface area contributed by atoms with Crippen molar-refractivity contribution in [2.75, 3.05) is 5.73 Å². The van der Waals surface area contributed by atoms with Gasteiger partial charge in [0.1, 0.15) is 5.67 Å². The first-order valence-corrected chi connectivity index (χ1v) is 8.52. The molecule has 0 spiro atoms. The summed E-state index contributed by atoms with van der Waals surface area (Å²) in [6.45, 7) is 0. The number of aromatic amines is 1. The molecule has 0 aliphatic heterocycles. The maximum atomic E-state index is 14.7. The molecule has 2 aromatic rings. The number of halogens is 1. The van der Waals surface area contributed by atoms with Gasteiger partial charge in [0.05, 0.1) is 6.33 Å². The minimum atomic E-state index is -4.41. The molecule has 23 heavy (non-hydrogen) atoms. The molecule has 0 amide bonds. The van der Waals surface area contributed by atoms with Crippen LogP contribution in [0.4, 0.5) is 10.3 Å². The van der Waals surface area contributed by atoms with E-state index in [-0.39, 0.29) is 36.0 Å². The number of H-pyrrole nitrogens is 1. The Labute approximate surface area is 129 Å². The normalized spacial score (nSPS) is 25.6. The second-order valence-corrected chi connectivity index (χ2v) is 7.09. The maximum Gasteiger partial charge on any atom is 0.348 e. The summed E-state index contributed by atoms with van der Waals surface area (Å²) in [5.74, 6) is 0.526. The van der Waals surface area contributed by atoms with E-state index in [4.69, 9.17) is 15.5 Å². The smallest absolute Gasteiger partial charge is 0.348 e. The van der Waals surface area contributed by atoms with E-state index < -0.39 is 18.8 Å². The molecular formula is C12H15FN5O4P. The molecule has 1 saturated carbocycles. The largest absolute Gasteiger partial charge is 0.369 e. The van der Waals surface area contributed by atoms with Crippen molar-refractivity contribution in [1.29, 1.82) is 0 Å². The average Bonchev–Trinajstić information content (AvgIpc) is 3.00. The van der Waals surface area contributed by atoms with Gasteiger partial charge < -0.3 is 20.1 Å². The number of hydrogen-bond donors (Lipinski definition) is 4. The summed E-state index contributed by atoms with van der Waals surface area (Å²) in [6.07, 6.45) is 2.84. The molecule has 9 nitrogen and oxygen atoms in total. The molecule has 3 rings (SSSR count). The van der Waals surface area contributed by atoms with Gasteiger partial charge in [0.15, 0.2) is 11.2 Å².